The molecule has 1 aliphatic rings. The van der Waals surface area contributed by atoms with Crippen molar-refractivity contribution in [3.05, 3.63) is 89.2 Å². The molecule has 0 heterocycles. The molecule has 0 bridgehead atoms. The average Bonchev–Trinajstić information content (AvgIpc) is 3.67. The van der Waals surface area contributed by atoms with Crippen LogP contribution in [0.4, 0.5) is 15.8 Å². The second-order valence-electron chi connectivity index (χ2n) is 8.68. The quantitative estimate of drug-likeness (QED) is 0.419. The lowest BCUT2D eigenvalue weighted by Gasteiger charge is -2.16. The molecule has 0 aromatic heterocycles. The monoisotopic (exact) mass is 495 g/mol. The highest BCUT2D eigenvalue weighted by atomic mass is 32.2. The first-order valence-electron chi connectivity index (χ1n) is 11.2. The number of hydrogen-bond acceptors (Lipinski definition) is 4. The Morgan fingerprint density at radius 3 is 2.34 bits per heavy atom. The Morgan fingerprint density at radius 2 is 1.69 bits per heavy atom. The number of amides is 2. The molecular weight excluding hydrogens is 469 g/mol. The number of halogens is 1. The fourth-order valence-electron chi connectivity index (χ4n) is 3.49. The van der Waals surface area contributed by atoms with E-state index in [4.69, 9.17) is 0 Å². The van der Waals surface area contributed by atoms with Crippen molar-refractivity contribution in [1.29, 1.82) is 0 Å². The summed E-state index contributed by atoms with van der Waals surface area (Å²) in [5.41, 5.74) is 2.34. The molecule has 1 unspecified atom stereocenters. The molecule has 1 fully saturated rings. The van der Waals surface area contributed by atoms with E-state index in [2.05, 4.69) is 15.4 Å². The van der Waals surface area contributed by atoms with E-state index in [1.807, 2.05) is 19.1 Å². The van der Waals surface area contributed by atoms with Gasteiger partial charge in [-0.05, 0) is 80.3 Å². The fourth-order valence-corrected chi connectivity index (χ4v) is 4.55. The van der Waals surface area contributed by atoms with Gasteiger partial charge in [-0.3, -0.25) is 14.3 Å². The van der Waals surface area contributed by atoms with Gasteiger partial charge in [0, 0.05) is 22.9 Å². The van der Waals surface area contributed by atoms with Gasteiger partial charge in [0.05, 0.1) is 10.9 Å². The summed E-state index contributed by atoms with van der Waals surface area (Å²) in [6.45, 7) is 3.37. The van der Waals surface area contributed by atoms with Crippen LogP contribution in [0.15, 0.2) is 71.6 Å². The Hall–Kier alpha value is -3.72. The van der Waals surface area contributed by atoms with E-state index in [0.29, 0.717) is 11.3 Å². The summed E-state index contributed by atoms with van der Waals surface area (Å²) >= 11 is 0. The maximum absolute atomic E-state index is 13.8. The minimum Gasteiger partial charge on any atom is -0.346 e. The van der Waals surface area contributed by atoms with Crippen LogP contribution in [0.3, 0.4) is 0 Å². The van der Waals surface area contributed by atoms with Crippen molar-refractivity contribution >= 4 is 33.2 Å². The summed E-state index contributed by atoms with van der Waals surface area (Å²) in [6, 6.07) is 16.7. The number of sulfonamides is 1. The Balaban J connectivity index is 1.40. The molecule has 0 spiro atoms. The molecule has 3 aromatic carbocycles. The van der Waals surface area contributed by atoms with E-state index in [-0.39, 0.29) is 39.9 Å². The molecule has 35 heavy (non-hydrogen) atoms. The third kappa shape index (κ3) is 6.05. The third-order valence-corrected chi connectivity index (χ3v) is 7.18. The van der Waals surface area contributed by atoms with Crippen molar-refractivity contribution in [2.75, 3.05) is 10.0 Å². The van der Waals surface area contributed by atoms with Gasteiger partial charge in [0.15, 0.2) is 0 Å². The lowest BCUT2D eigenvalue weighted by atomic mass is 10.1. The molecule has 9 heteroatoms. The zero-order valence-electron chi connectivity index (χ0n) is 19.3. The lowest BCUT2D eigenvalue weighted by Crippen LogP contribution is -2.26. The normalized spacial score (nSPS) is 14.1. The van der Waals surface area contributed by atoms with Gasteiger partial charge in [0.1, 0.15) is 5.82 Å². The molecule has 3 N–H and O–H groups in total. The van der Waals surface area contributed by atoms with Crippen molar-refractivity contribution in [2.45, 2.75) is 37.6 Å². The van der Waals surface area contributed by atoms with Crippen LogP contribution in [0.25, 0.3) is 0 Å². The Labute approximate surface area is 203 Å². The highest BCUT2D eigenvalue weighted by Crippen LogP contribution is 2.30. The number of rotatable bonds is 8. The Kier molecular flexibility index (Phi) is 6.88. The number of carbonyl (C=O) groups excluding carboxylic acids is 2. The second kappa shape index (κ2) is 9.87. The standard InChI is InChI=1S/C26H26FN3O4S/c1-16-6-13-23(15-24(16)27)35(33,34)30-22-5-3-4-20(14-22)26(32)28-17(2)18-9-11-21(12-10-18)29-25(31)19-7-8-19/h3-6,9-15,17,19,30H,7-8H2,1-2H3,(H,28,32)(H,29,31). The van der Waals surface area contributed by atoms with Gasteiger partial charge in [-0.15, -0.1) is 0 Å². The highest BCUT2D eigenvalue weighted by molar-refractivity contribution is 7.92. The SMILES string of the molecule is Cc1ccc(S(=O)(=O)Nc2cccc(C(=O)NC(C)c3ccc(NC(=O)C4CC4)cc3)c2)cc1F. The van der Waals surface area contributed by atoms with Crippen LogP contribution < -0.4 is 15.4 Å². The van der Waals surface area contributed by atoms with Crippen LogP contribution >= 0.6 is 0 Å². The maximum atomic E-state index is 13.8. The first-order valence-corrected chi connectivity index (χ1v) is 12.7. The molecule has 3 aromatic rings. The zero-order chi connectivity index (χ0) is 25.2. The third-order valence-electron chi connectivity index (χ3n) is 5.80. The number of anilines is 2. The molecule has 2 amide bonds. The predicted molar refractivity (Wildman–Crippen MR) is 132 cm³/mol. The first kappa shape index (κ1) is 24.4. The molecule has 1 saturated carbocycles. The van der Waals surface area contributed by atoms with Gasteiger partial charge in [-0.25, -0.2) is 12.8 Å². The summed E-state index contributed by atoms with van der Waals surface area (Å²) in [6.07, 6.45) is 1.86. The van der Waals surface area contributed by atoms with E-state index in [0.717, 1.165) is 24.5 Å². The van der Waals surface area contributed by atoms with Crippen LogP contribution in [-0.4, -0.2) is 20.2 Å². The van der Waals surface area contributed by atoms with Crippen LogP contribution in [-0.2, 0) is 14.8 Å². The van der Waals surface area contributed by atoms with Gasteiger partial charge in [0.2, 0.25) is 5.91 Å². The van der Waals surface area contributed by atoms with Crippen molar-refractivity contribution in [3.8, 4) is 0 Å². The fraction of sp³-hybridized carbons (Fsp3) is 0.231. The van der Waals surface area contributed by atoms with Crippen molar-refractivity contribution in [2.24, 2.45) is 5.92 Å². The maximum Gasteiger partial charge on any atom is 0.261 e. The molecule has 0 radical (unpaired) electrons. The first-order chi connectivity index (χ1) is 16.6. The van der Waals surface area contributed by atoms with Gasteiger partial charge in [-0.2, -0.15) is 0 Å². The number of benzene rings is 3. The van der Waals surface area contributed by atoms with Crippen molar-refractivity contribution in [3.63, 3.8) is 0 Å². The minimum atomic E-state index is -4.03. The number of carbonyl (C=O) groups is 2. The lowest BCUT2D eigenvalue weighted by molar-refractivity contribution is -0.117. The molecule has 1 atom stereocenters. The van der Waals surface area contributed by atoms with Crippen molar-refractivity contribution in [1.82, 2.24) is 5.32 Å². The summed E-state index contributed by atoms with van der Waals surface area (Å²) in [7, 11) is -4.03. The molecule has 1 aliphatic carbocycles. The van der Waals surface area contributed by atoms with Crippen LogP contribution in [0.1, 0.15) is 47.3 Å². The smallest absolute Gasteiger partial charge is 0.261 e. The van der Waals surface area contributed by atoms with E-state index >= 15 is 0 Å². The zero-order valence-corrected chi connectivity index (χ0v) is 20.2. The topological polar surface area (TPSA) is 104 Å². The van der Waals surface area contributed by atoms with Crippen LogP contribution in [0, 0.1) is 18.7 Å². The van der Waals surface area contributed by atoms with E-state index in [9.17, 15) is 22.4 Å². The van der Waals surface area contributed by atoms with Gasteiger partial charge in [0.25, 0.3) is 15.9 Å². The predicted octanol–water partition coefficient (Wildman–Crippen LogP) is 4.77. The summed E-state index contributed by atoms with van der Waals surface area (Å²) in [5.74, 6) is -0.854. The highest BCUT2D eigenvalue weighted by Gasteiger charge is 2.29. The average molecular weight is 496 g/mol. The minimum absolute atomic E-state index is 0.0297. The number of aryl methyl sites for hydroxylation is 1. The van der Waals surface area contributed by atoms with E-state index < -0.39 is 15.8 Å². The van der Waals surface area contributed by atoms with Gasteiger partial charge in [-0.1, -0.05) is 24.3 Å². The second-order valence-corrected chi connectivity index (χ2v) is 10.4. The Morgan fingerprint density at radius 1 is 0.971 bits per heavy atom. The summed E-state index contributed by atoms with van der Waals surface area (Å²) < 4.78 is 41.5. The molecule has 182 valence electrons. The van der Waals surface area contributed by atoms with E-state index in [1.165, 1.54) is 24.3 Å². The summed E-state index contributed by atoms with van der Waals surface area (Å²) in [4.78, 5) is 24.5. The molecular formula is C26H26FN3O4S. The summed E-state index contributed by atoms with van der Waals surface area (Å²) in [5, 5.41) is 5.76. The van der Waals surface area contributed by atoms with Gasteiger partial charge < -0.3 is 10.6 Å². The molecule has 4 rings (SSSR count). The number of nitrogens with one attached hydrogen (secondary N) is 3. The van der Waals surface area contributed by atoms with Crippen molar-refractivity contribution < 1.29 is 22.4 Å². The molecule has 0 aliphatic heterocycles. The largest absolute Gasteiger partial charge is 0.346 e. The number of hydrogen-bond donors (Lipinski definition) is 3. The van der Waals surface area contributed by atoms with Gasteiger partial charge >= 0.3 is 0 Å². The molecule has 7 nitrogen and oxygen atoms in total. The molecule has 0 saturated heterocycles. The Bertz CT molecular complexity index is 1370. The van der Waals surface area contributed by atoms with Crippen LogP contribution in [0.2, 0.25) is 0 Å². The van der Waals surface area contributed by atoms with E-state index in [1.54, 1.807) is 31.2 Å². The van der Waals surface area contributed by atoms with Crippen LogP contribution in [0.5, 0.6) is 0 Å².